The van der Waals surface area contributed by atoms with Crippen molar-refractivity contribution in [2.24, 2.45) is 0 Å². The van der Waals surface area contributed by atoms with E-state index in [-0.39, 0.29) is 27.0 Å². The molecule has 14 heavy (non-hydrogen) atoms. The van der Waals surface area contributed by atoms with Crippen molar-refractivity contribution in [2.45, 2.75) is 0 Å². The highest BCUT2D eigenvalue weighted by Gasteiger charge is 2.13. The Morgan fingerprint density at radius 3 is 1.93 bits per heavy atom. The van der Waals surface area contributed by atoms with Gasteiger partial charge in [0.05, 0.1) is 0 Å². The Labute approximate surface area is 93.0 Å². The van der Waals surface area contributed by atoms with Crippen LogP contribution in [-0.4, -0.2) is 0 Å². The summed E-state index contributed by atoms with van der Waals surface area (Å²) in [6.45, 7) is 0. The van der Waals surface area contributed by atoms with Crippen molar-refractivity contribution in [3.8, 4) is 0 Å². The highest BCUT2D eigenvalue weighted by Crippen LogP contribution is 1.93. The SMILES string of the molecule is Fc1ccc([I+]c2ccccc2)cc1. The third kappa shape index (κ3) is 2.54. The molecule has 0 nitrogen and oxygen atoms in total. The zero-order valence-electron chi connectivity index (χ0n) is 7.45. The maximum absolute atomic E-state index is 12.6. The van der Waals surface area contributed by atoms with Gasteiger partial charge in [-0.2, -0.15) is 0 Å². The summed E-state index contributed by atoms with van der Waals surface area (Å²) in [5.74, 6) is -0.161. The van der Waals surface area contributed by atoms with Gasteiger partial charge in [-0.3, -0.25) is 0 Å². The third-order valence-corrected chi connectivity index (χ3v) is 4.44. The summed E-state index contributed by atoms with van der Waals surface area (Å²) in [5, 5.41) is 0. The number of hydrogen-bond acceptors (Lipinski definition) is 0. The molecule has 0 aromatic heterocycles. The summed E-state index contributed by atoms with van der Waals surface area (Å²) < 4.78 is 15.2. The first-order valence-electron chi connectivity index (χ1n) is 4.30. The topological polar surface area (TPSA) is 0 Å². The number of rotatable bonds is 2. The Balaban J connectivity index is 2.16. The molecule has 0 amide bonds. The number of benzene rings is 2. The molecule has 0 fully saturated rings. The van der Waals surface area contributed by atoms with Gasteiger partial charge in [0.2, 0.25) is 0 Å². The lowest BCUT2D eigenvalue weighted by Gasteiger charge is -1.86. The molecular weight excluding hydrogens is 290 g/mol. The first-order valence-corrected chi connectivity index (χ1v) is 6.46. The Bertz CT molecular complexity index is 394. The second-order valence-electron chi connectivity index (χ2n) is 2.83. The van der Waals surface area contributed by atoms with Crippen molar-refractivity contribution in [3.63, 3.8) is 0 Å². The average Bonchev–Trinajstić information content (AvgIpc) is 2.23. The quantitative estimate of drug-likeness (QED) is 0.683. The van der Waals surface area contributed by atoms with Gasteiger partial charge in [0.1, 0.15) is 5.82 Å². The second kappa shape index (κ2) is 4.55. The first-order chi connectivity index (χ1) is 6.84. The molecule has 0 unspecified atom stereocenters. The first kappa shape index (κ1) is 9.65. The van der Waals surface area contributed by atoms with Crippen LogP contribution in [0, 0.1) is 13.0 Å². The van der Waals surface area contributed by atoms with Crippen molar-refractivity contribution in [1.82, 2.24) is 0 Å². The monoisotopic (exact) mass is 299 g/mol. The minimum absolute atomic E-state index is 0.151. The van der Waals surface area contributed by atoms with E-state index in [9.17, 15) is 4.39 Å². The van der Waals surface area contributed by atoms with E-state index in [4.69, 9.17) is 0 Å². The van der Waals surface area contributed by atoms with Crippen LogP contribution >= 0.6 is 0 Å². The summed E-state index contributed by atoms with van der Waals surface area (Å²) in [6.07, 6.45) is 0. The number of hydrogen-bond donors (Lipinski definition) is 0. The van der Waals surface area contributed by atoms with Crippen LogP contribution in [0.25, 0.3) is 0 Å². The molecule has 2 aromatic rings. The molecule has 0 radical (unpaired) electrons. The van der Waals surface area contributed by atoms with E-state index in [2.05, 4.69) is 12.1 Å². The molecule has 0 saturated carbocycles. The molecule has 0 aliphatic carbocycles. The van der Waals surface area contributed by atoms with Gasteiger partial charge >= 0.3 is 21.2 Å². The van der Waals surface area contributed by atoms with Gasteiger partial charge in [-0.1, -0.05) is 18.2 Å². The normalized spacial score (nSPS) is 10.1. The Kier molecular flexibility index (Phi) is 3.14. The Morgan fingerprint density at radius 2 is 1.29 bits per heavy atom. The molecule has 2 aromatic carbocycles. The molecule has 2 heteroatoms. The molecular formula is C12H9FI+. The molecule has 0 atom stereocenters. The van der Waals surface area contributed by atoms with E-state index >= 15 is 0 Å². The number of halogens is 2. The van der Waals surface area contributed by atoms with Crippen LogP contribution in [0.5, 0.6) is 0 Å². The van der Waals surface area contributed by atoms with Crippen molar-refractivity contribution >= 4 is 0 Å². The van der Waals surface area contributed by atoms with E-state index in [1.807, 2.05) is 30.3 Å². The average molecular weight is 299 g/mol. The molecule has 2 rings (SSSR count). The molecule has 0 bridgehead atoms. The van der Waals surface area contributed by atoms with E-state index in [1.165, 1.54) is 19.3 Å². The van der Waals surface area contributed by atoms with Crippen LogP contribution in [0.2, 0.25) is 0 Å². The molecule has 0 N–H and O–H groups in total. The molecule has 0 heterocycles. The second-order valence-corrected chi connectivity index (χ2v) is 5.86. The Hall–Kier alpha value is -0.900. The van der Waals surface area contributed by atoms with E-state index in [1.54, 1.807) is 0 Å². The highest BCUT2D eigenvalue weighted by molar-refractivity contribution is 5.04. The predicted octanol–water partition coefficient (Wildman–Crippen LogP) is -0.0459. The maximum Gasteiger partial charge on any atom is 0.357 e. The fourth-order valence-electron chi connectivity index (χ4n) is 1.10. The standard InChI is InChI=1S/C12H9FI/c13-10-6-8-12(9-7-10)14-11-4-2-1-3-5-11/h1-9H/q+1. The predicted molar refractivity (Wildman–Crippen MR) is 50.2 cm³/mol. The fourth-order valence-corrected chi connectivity index (χ4v) is 3.31. The summed E-state index contributed by atoms with van der Waals surface area (Å²) in [4.78, 5) is 0. The van der Waals surface area contributed by atoms with Crippen LogP contribution in [0.3, 0.4) is 0 Å². The van der Waals surface area contributed by atoms with Crippen molar-refractivity contribution in [2.75, 3.05) is 0 Å². The van der Waals surface area contributed by atoms with Crippen LogP contribution in [0.1, 0.15) is 0 Å². The Morgan fingerprint density at radius 1 is 0.714 bits per heavy atom. The van der Waals surface area contributed by atoms with Crippen LogP contribution in [-0.2, 0) is 0 Å². The van der Waals surface area contributed by atoms with Crippen molar-refractivity contribution in [1.29, 1.82) is 0 Å². The zero-order chi connectivity index (χ0) is 9.80. The van der Waals surface area contributed by atoms with E-state index < -0.39 is 0 Å². The van der Waals surface area contributed by atoms with E-state index in [0.717, 1.165) is 0 Å². The molecule has 0 aliphatic rings. The maximum atomic E-state index is 12.6. The van der Waals surface area contributed by atoms with Gasteiger partial charge in [-0.15, -0.1) is 0 Å². The summed E-state index contributed by atoms with van der Waals surface area (Å²) >= 11 is -0.151. The van der Waals surface area contributed by atoms with Gasteiger partial charge in [0.25, 0.3) is 0 Å². The van der Waals surface area contributed by atoms with Crippen molar-refractivity contribution in [3.05, 3.63) is 67.6 Å². The van der Waals surface area contributed by atoms with Crippen LogP contribution in [0.15, 0.2) is 54.6 Å². The summed E-state index contributed by atoms with van der Waals surface area (Å²) in [5.41, 5.74) is 0. The zero-order valence-corrected chi connectivity index (χ0v) is 9.61. The molecule has 0 saturated heterocycles. The molecule has 0 aliphatic heterocycles. The fraction of sp³-hybridized carbons (Fsp3) is 0. The lowest BCUT2D eigenvalue weighted by molar-refractivity contribution is -0.597. The lowest BCUT2D eigenvalue weighted by Crippen LogP contribution is -3.61. The van der Waals surface area contributed by atoms with Gasteiger partial charge < -0.3 is 0 Å². The van der Waals surface area contributed by atoms with Crippen LogP contribution in [0.4, 0.5) is 4.39 Å². The largest absolute Gasteiger partial charge is 0.357 e. The van der Waals surface area contributed by atoms with Gasteiger partial charge in [-0.25, -0.2) is 4.39 Å². The highest BCUT2D eigenvalue weighted by atomic mass is 127. The van der Waals surface area contributed by atoms with Gasteiger partial charge in [-0.05, 0) is 36.4 Å². The van der Waals surface area contributed by atoms with Gasteiger partial charge in [0.15, 0.2) is 7.14 Å². The van der Waals surface area contributed by atoms with Crippen molar-refractivity contribution < 1.29 is 25.6 Å². The van der Waals surface area contributed by atoms with Crippen LogP contribution < -0.4 is 21.2 Å². The summed E-state index contributed by atoms with van der Waals surface area (Å²) in [7, 11) is 0. The van der Waals surface area contributed by atoms with E-state index in [0.29, 0.717) is 0 Å². The smallest absolute Gasteiger partial charge is 0.207 e. The molecule has 70 valence electrons. The third-order valence-electron chi connectivity index (χ3n) is 1.75. The minimum Gasteiger partial charge on any atom is -0.207 e. The molecule has 0 spiro atoms. The minimum atomic E-state index is -0.161. The van der Waals surface area contributed by atoms with Gasteiger partial charge in [0, 0.05) is 0 Å². The lowest BCUT2D eigenvalue weighted by atomic mass is 10.4. The summed E-state index contributed by atoms with van der Waals surface area (Å²) in [6, 6.07) is 17.1.